The largest absolute Gasteiger partial charge is 0.354 e. The number of benzene rings is 1. The maximum atomic E-state index is 13.1. The lowest BCUT2D eigenvalue weighted by Gasteiger charge is -2.07. The van der Waals surface area contributed by atoms with Crippen LogP contribution in [-0.2, 0) is 4.79 Å². The molecule has 1 aromatic carbocycles. The smallest absolute Gasteiger partial charge is 0.220 e. The molecule has 4 heteroatoms. The summed E-state index contributed by atoms with van der Waals surface area (Å²) in [6.45, 7) is 5.41. The van der Waals surface area contributed by atoms with Crippen LogP contribution in [0.5, 0.6) is 0 Å². The minimum atomic E-state index is -0.312. The topological polar surface area (TPSA) is 46.2 Å². The van der Waals surface area contributed by atoms with Crippen molar-refractivity contribution in [1.82, 2.24) is 5.32 Å². The fourth-order valence-electron chi connectivity index (χ4n) is 1.77. The SMILES string of the molecule is Cc1cc(C(=O)CCCC(=O)NC(C)C)ccc1F. The van der Waals surface area contributed by atoms with E-state index in [4.69, 9.17) is 0 Å². The number of aryl methyl sites for hydroxylation is 1. The maximum absolute atomic E-state index is 13.1. The van der Waals surface area contributed by atoms with Gasteiger partial charge in [-0.3, -0.25) is 9.59 Å². The average Bonchev–Trinajstić information content (AvgIpc) is 2.31. The number of hydrogen-bond donors (Lipinski definition) is 1. The van der Waals surface area contributed by atoms with Gasteiger partial charge in [0, 0.05) is 24.4 Å². The summed E-state index contributed by atoms with van der Waals surface area (Å²) < 4.78 is 13.1. The molecule has 0 radical (unpaired) electrons. The Labute approximate surface area is 113 Å². The molecule has 1 aromatic rings. The molecule has 0 aliphatic heterocycles. The van der Waals surface area contributed by atoms with Gasteiger partial charge in [0.2, 0.25) is 5.91 Å². The summed E-state index contributed by atoms with van der Waals surface area (Å²) in [6, 6.07) is 4.45. The van der Waals surface area contributed by atoms with Gasteiger partial charge in [0.15, 0.2) is 5.78 Å². The van der Waals surface area contributed by atoms with Gasteiger partial charge in [0.05, 0.1) is 0 Å². The van der Waals surface area contributed by atoms with E-state index < -0.39 is 0 Å². The molecule has 0 aliphatic rings. The lowest BCUT2D eigenvalue weighted by atomic mass is 10.0. The van der Waals surface area contributed by atoms with Crippen LogP contribution >= 0.6 is 0 Å². The Morgan fingerprint density at radius 3 is 2.53 bits per heavy atom. The van der Waals surface area contributed by atoms with Crippen molar-refractivity contribution in [2.75, 3.05) is 0 Å². The monoisotopic (exact) mass is 265 g/mol. The summed E-state index contributed by atoms with van der Waals surface area (Å²) in [5.74, 6) is -0.411. The summed E-state index contributed by atoms with van der Waals surface area (Å²) in [7, 11) is 0. The number of Topliss-reactive ketones (excluding diaryl/α,β-unsaturated/α-hetero) is 1. The zero-order valence-electron chi connectivity index (χ0n) is 11.6. The third-order valence-electron chi connectivity index (χ3n) is 2.74. The number of nitrogens with one attached hydrogen (secondary N) is 1. The van der Waals surface area contributed by atoms with Crippen molar-refractivity contribution in [3.8, 4) is 0 Å². The Morgan fingerprint density at radius 1 is 1.26 bits per heavy atom. The quantitative estimate of drug-likeness (QED) is 0.804. The van der Waals surface area contributed by atoms with Crippen molar-refractivity contribution in [1.29, 1.82) is 0 Å². The third kappa shape index (κ3) is 5.20. The first-order chi connectivity index (χ1) is 8.90. The highest BCUT2D eigenvalue weighted by molar-refractivity contribution is 5.96. The average molecular weight is 265 g/mol. The summed E-state index contributed by atoms with van der Waals surface area (Å²) >= 11 is 0. The molecule has 1 rings (SSSR count). The minimum Gasteiger partial charge on any atom is -0.354 e. The Kier molecular flexibility index (Phi) is 5.67. The van der Waals surface area contributed by atoms with Gasteiger partial charge in [-0.05, 0) is 51.0 Å². The van der Waals surface area contributed by atoms with Gasteiger partial charge in [0.1, 0.15) is 5.82 Å². The molecule has 0 spiro atoms. The van der Waals surface area contributed by atoms with E-state index in [1.54, 1.807) is 13.0 Å². The standard InChI is InChI=1S/C15H20FNO2/c1-10(2)17-15(19)6-4-5-14(18)12-7-8-13(16)11(3)9-12/h7-10H,4-6H2,1-3H3,(H,17,19). The van der Waals surface area contributed by atoms with E-state index in [9.17, 15) is 14.0 Å². The van der Waals surface area contributed by atoms with Gasteiger partial charge >= 0.3 is 0 Å². The lowest BCUT2D eigenvalue weighted by Crippen LogP contribution is -2.29. The molecule has 0 heterocycles. The van der Waals surface area contributed by atoms with Gasteiger partial charge in [-0.1, -0.05) is 0 Å². The van der Waals surface area contributed by atoms with Crippen LogP contribution in [0.3, 0.4) is 0 Å². The molecule has 0 saturated carbocycles. The van der Waals surface area contributed by atoms with Crippen molar-refractivity contribution >= 4 is 11.7 Å². The van der Waals surface area contributed by atoms with Crippen LogP contribution in [0.1, 0.15) is 49.0 Å². The number of amides is 1. The second kappa shape index (κ2) is 7.02. The van der Waals surface area contributed by atoms with Crippen molar-refractivity contribution < 1.29 is 14.0 Å². The lowest BCUT2D eigenvalue weighted by molar-refractivity contribution is -0.121. The molecule has 0 atom stereocenters. The highest BCUT2D eigenvalue weighted by Gasteiger charge is 2.09. The number of carbonyl (C=O) groups is 2. The molecule has 3 nitrogen and oxygen atoms in total. The fraction of sp³-hybridized carbons (Fsp3) is 0.467. The predicted molar refractivity (Wildman–Crippen MR) is 72.6 cm³/mol. The van der Waals surface area contributed by atoms with E-state index in [0.717, 1.165) is 0 Å². The van der Waals surface area contributed by atoms with E-state index in [-0.39, 0.29) is 23.5 Å². The second-order valence-electron chi connectivity index (χ2n) is 4.96. The van der Waals surface area contributed by atoms with Gasteiger partial charge in [-0.2, -0.15) is 0 Å². The first-order valence-electron chi connectivity index (χ1n) is 6.49. The van der Waals surface area contributed by atoms with Gasteiger partial charge in [0.25, 0.3) is 0 Å². The minimum absolute atomic E-state index is 0.0434. The van der Waals surface area contributed by atoms with Crippen molar-refractivity contribution in [2.24, 2.45) is 0 Å². The summed E-state index contributed by atoms with van der Waals surface area (Å²) in [6.07, 6.45) is 1.15. The molecule has 0 aromatic heterocycles. The van der Waals surface area contributed by atoms with E-state index in [1.165, 1.54) is 12.1 Å². The Hall–Kier alpha value is -1.71. The van der Waals surface area contributed by atoms with Crippen LogP contribution in [0.25, 0.3) is 0 Å². The summed E-state index contributed by atoms with van der Waals surface area (Å²) in [4.78, 5) is 23.3. The molecule has 19 heavy (non-hydrogen) atoms. The molecule has 0 unspecified atom stereocenters. The normalized spacial score (nSPS) is 10.6. The molecule has 0 aliphatic carbocycles. The number of halogens is 1. The van der Waals surface area contributed by atoms with Crippen LogP contribution in [0.15, 0.2) is 18.2 Å². The molecule has 1 N–H and O–H groups in total. The van der Waals surface area contributed by atoms with Crippen LogP contribution in [0.2, 0.25) is 0 Å². The molecule has 0 bridgehead atoms. The van der Waals surface area contributed by atoms with E-state index in [0.29, 0.717) is 30.4 Å². The van der Waals surface area contributed by atoms with Gasteiger partial charge in [-0.15, -0.1) is 0 Å². The summed E-state index contributed by atoms with van der Waals surface area (Å²) in [5.41, 5.74) is 0.964. The van der Waals surface area contributed by atoms with Crippen LogP contribution in [-0.4, -0.2) is 17.7 Å². The molecule has 0 saturated heterocycles. The molecule has 1 amide bonds. The Bertz CT molecular complexity index is 469. The predicted octanol–water partition coefficient (Wildman–Crippen LogP) is 3.01. The first kappa shape index (κ1) is 15.3. The zero-order chi connectivity index (χ0) is 14.4. The number of ketones is 1. The molecular formula is C15H20FNO2. The fourth-order valence-corrected chi connectivity index (χ4v) is 1.77. The molecular weight excluding hydrogens is 245 g/mol. The van der Waals surface area contributed by atoms with Gasteiger partial charge < -0.3 is 5.32 Å². The number of carbonyl (C=O) groups excluding carboxylic acids is 2. The van der Waals surface area contributed by atoms with Crippen molar-refractivity contribution in [3.05, 3.63) is 35.1 Å². The van der Waals surface area contributed by atoms with Gasteiger partial charge in [-0.25, -0.2) is 4.39 Å². The molecule has 0 fully saturated rings. The first-order valence-corrected chi connectivity index (χ1v) is 6.49. The van der Waals surface area contributed by atoms with Crippen LogP contribution < -0.4 is 5.32 Å². The third-order valence-corrected chi connectivity index (χ3v) is 2.74. The second-order valence-corrected chi connectivity index (χ2v) is 4.96. The van der Waals surface area contributed by atoms with E-state index in [2.05, 4.69) is 5.32 Å². The van der Waals surface area contributed by atoms with E-state index >= 15 is 0 Å². The summed E-state index contributed by atoms with van der Waals surface area (Å²) in [5, 5.41) is 2.77. The van der Waals surface area contributed by atoms with Crippen molar-refractivity contribution in [3.63, 3.8) is 0 Å². The number of rotatable bonds is 6. The Balaban J connectivity index is 2.43. The Morgan fingerprint density at radius 2 is 1.95 bits per heavy atom. The number of hydrogen-bond acceptors (Lipinski definition) is 2. The van der Waals surface area contributed by atoms with Crippen LogP contribution in [0.4, 0.5) is 4.39 Å². The van der Waals surface area contributed by atoms with Crippen LogP contribution in [0, 0.1) is 12.7 Å². The van der Waals surface area contributed by atoms with Crippen molar-refractivity contribution in [2.45, 2.75) is 46.1 Å². The van der Waals surface area contributed by atoms with E-state index in [1.807, 2.05) is 13.8 Å². The highest BCUT2D eigenvalue weighted by Crippen LogP contribution is 2.12. The maximum Gasteiger partial charge on any atom is 0.220 e. The highest BCUT2D eigenvalue weighted by atomic mass is 19.1. The molecule has 104 valence electrons. The zero-order valence-corrected chi connectivity index (χ0v) is 11.6.